The van der Waals surface area contributed by atoms with E-state index >= 15 is 0 Å². The van der Waals surface area contributed by atoms with Gasteiger partial charge in [0.2, 0.25) is 11.1 Å². The van der Waals surface area contributed by atoms with Gasteiger partial charge in [0, 0.05) is 55.0 Å². The predicted octanol–water partition coefficient (Wildman–Crippen LogP) is 5.23. The Labute approximate surface area is 236 Å². The monoisotopic (exact) mass is 592 g/mol. The molecule has 1 saturated heterocycles. The fourth-order valence-corrected chi connectivity index (χ4v) is 5.85. The third-order valence-corrected chi connectivity index (χ3v) is 8.47. The number of hydrogen-bond donors (Lipinski definition) is 0. The van der Waals surface area contributed by atoms with Crippen LogP contribution in [0.2, 0.25) is 0 Å². The Hall–Kier alpha value is -2.75. The summed E-state index contributed by atoms with van der Waals surface area (Å²) >= 11 is 4.89. The minimum atomic E-state index is 0.139. The summed E-state index contributed by atoms with van der Waals surface area (Å²) in [6, 6.07) is 17.1. The normalized spacial score (nSPS) is 14.7. The molecule has 0 bridgehead atoms. The van der Waals surface area contributed by atoms with Crippen LogP contribution in [0, 0.1) is 20.8 Å². The highest BCUT2D eigenvalue weighted by Crippen LogP contribution is 2.22. The lowest BCUT2D eigenvalue weighted by atomic mass is 10.0. The lowest BCUT2D eigenvalue weighted by Crippen LogP contribution is -2.36. The number of halogens is 1. The van der Waals surface area contributed by atoms with Crippen LogP contribution in [-0.2, 0) is 17.8 Å². The molecule has 3 heterocycles. The predicted molar refractivity (Wildman–Crippen MR) is 156 cm³/mol. The summed E-state index contributed by atoms with van der Waals surface area (Å²) in [5, 5.41) is 5.28. The van der Waals surface area contributed by atoms with Gasteiger partial charge in [-0.1, -0.05) is 69.7 Å². The number of amides is 1. The number of carbonyl (C=O) groups excluding carboxylic acids is 1. The molecule has 4 aromatic rings. The molecule has 1 amide bonds. The van der Waals surface area contributed by atoms with Crippen molar-refractivity contribution in [3.63, 3.8) is 0 Å². The van der Waals surface area contributed by atoms with Crippen LogP contribution in [0.3, 0.4) is 0 Å². The van der Waals surface area contributed by atoms with Gasteiger partial charge >= 0.3 is 0 Å². The molecule has 5 rings (SSSR count). The topological polar surface area (TPSA) is 66.6 Å². The maximum absolute atomic E-state index is 13.0. The van der Waals surface area contributed by atoms with Gasteiger partial charge in [-0.15, -0.1) is 5.10 Å². The first-order valence-corrected chi connectivity index (χ1v) is 14.8. The molecule has 1 fully saturated rings. The van der Waals surface area contributed by atoms with Crippen LogP contribution in [-0.4, -0.2) is 67.2 Å². The SMILES string of the molecule is Cc1ccc(Cc2c(C)nc3nc(SCC(=O)N4CCCN(Cc5ccc(Br)cc5)CC4)nn3c2C)cc1. The zero-order valence-corrected chi connectivity index (χ0v) is 24.6. The molecule has 2 aromatic heterocycles. The van der Waals surface area contributed by atoms with Crippen molar-refractivity contribution in [1.82, 2.24) is 29.4 Å². The average molecular weight is 594 g/mol. The Morgan fingerprint density at radius 1 is 0.921 bits per heavy atom. The Balaban J connectivity index is 1.19. The van der Waals surface area contributed by atoms with Crippen LogP contribution in [0.4, 0.5) is 0 Å². The summed E-state index contributed by atoms with van der Waals surface area (Å²) in [5.74, 6) is 1.05. The molecule has 2 aromatic carbocycles. The molecule has 38 heavy (non-hydrogen) atoms. The van der Waals surface area contributed by atoms with Crippen LogP contribution < -0.4 is 0 Å². The highest BCUT2D eigenvalue weighted by atomic mass is 79.9. The number of rotatable bonds is 7. The number of aromatic nitrogens is 4. The summed E-state index contributed by atoms with van der Waals surface area (Å²) < 4.78 is 2.91. The van der Waals surface area contributed by atoms with E-state index in [1.54, 1.807) is 0 Å². The summed E-state index contributed by atoms with van der Waals surface area (Å²) in [6.07, 6.45) is 1.78. The van der Waals surface area contributed by atoms with Crippen LogP contribution in [0.1, 0.15) is 40.1 Å². The second kappa shape index (κ2) is 12.0. The maximum atomic E-state index is 13.0. The second-order valence-corrected chi connectivity index (χ2v) is 11.8. The molecule has 1 aliphatic heterocycles. The van der Waals surface area contributed by atoms with Crippen molar-refractivity contribution in [1.29, 1.82) is 0 Å². The molecule has 0 atom stereocenters. The molecule has 0 spiro atoms. The van der Waals surface area contributed by atoms with E-state index in [0.717, 1.165) is 67.0 Å². The summed E-state index contributed by atoms with van der Waals surface area (Å²) in [4.78, 5) is 26.8. The second-order valence-electron chi connectivity index (χ2n) is 9.96. The fraction of sp³-hybridized carbons (Fsp3) is 0.379. The molecule has 0 N–H and O–H groups in total. The maximum Gasteiger partial charge on any atom is 0.253 e. The van der Waals surface area contributed by atoms with Gasteiger partial charge in [0.1, 0.15) is 0 Å². The standard InChI is InChI=1S/C29H33BrN6OS/c1-20-5-7-23(8-6-20)17-26-21(2)31-28-32-29(33-36(28)22(26)3)38-19-27(37)35-14-4-13-34(15-16-35)18-24-9-11-25(30)12-10-24/h5-12H,4,13-19H2,1-3H3. The zero-order valence-electron chi connectivity index (χ0n) is 22.2. The van der Waals surface area contributed by atoms with Crippen molar-refractivity contribution >= 4 is 39.4 Å². The van der Waals surface area contributed by atoms with Gasteiger partial charge in [0.15, 0.2) is 0 Å². The van der Waals surface area contributed by atoms with Gasteiger partial charge in [0.25, 0.3) is 5.78 Å². The number of carbonyl (C=O) groups is 1. The minimum absolute atomic E-state index is 0.139. The van der Waals surface area contributed by atoms with Crippen LogP contribution in [0.25, 0.3) is 5.78 Å². The number of aryl methyl sites for hydroxylation is 3. The fourth-order valence-electron chi connectivity index (χ4n) is 4.86. The van der Waals surface area contributed by atoms with E-state index in [9.17, 15) is 4.79 Å². The van der Waals surface area contributed by atoms with E-state index in [4.69, 9.17) is 10.1 Å². The van der Waals surface area contributed by atoms with E-state index in [1.807, 2.05) is 16.3 Å². The van der Waals surface area contributed by atoms with Gasteiger partial charge < -0.3 is 4.90 Å². The third-order valence-electron chi connectivity index (χ3n) is 7.12. The molecular weight excluding hydrogens is 560 g/mol. The zero-order chi connectivity index (χ0) is 26.6. The van der Waals surface area contributed by atoms with Gasteiger partial charge in [-0.2, -0.15) is 4.98 Å². The van der Waals surface area contributed by atoms with Crippen molar-refractivity contribution < 1.29 is 4.79 Å². The van der Waals surface area contributed by atoms with E-state index < -0.39 is 0 Å². The van der Waals surface area contributed by atoms with Gasteiger partial charge in [-0.25, -0.2) is 9.50 Å². The number of fused-ring (bicyclic) bond motifs is 1. The number of thioether (sulfide) groups is 1. The Morgan fingerprint density at radius 2 is 1.66 bits per heavy atom. The van der Waals surface area contributed by atoms with E-state index in [1.165, 1.54) is 28.5 Å². The van der Waals surface area contributed by atoms with Crippen LogP contribution in [0.15, 0.2) is 58.2 Å². The van der Waals surface area contributed by atoms with E-state index in [0.29, 0.717) is 16.7 Å². The first-order chi connectivity index (χ1) is 18.4. The average Bonchev–Trinajstić information content (AvgIpc) is 3.17. The van der Waals surface area contributed by atoms with Crippen molar-refractivity contribution in [2.24, 2.45) is 0 Å². The first kappa shape index (κ1) is 26.8. The van der Waals surface area contributed by atoms with Crippen LogP contribution >= 0.6 is 27.7 Å². The molecule has 1 aliphatic rings. The highest BCUT2D eigenvalue weighted by Gasteiger charge is 2.21. The van der Waals surface area contributed by atoms with Gasteiger partial charge in [0.05, 0.1) is 5.75 Å². The van der Waals surface area contributed by atoms with Crippen LogP contribution in [0.5, 0.6) is 0 Å². The first-order valence-electron chi connectivity index (χ1n) is 13.0. The molecule has 0 radical (unpaired) electrons. The van der Waals surface area contributed by atoms with E-state index in [-0.39, 0.29) is 5.91 Å². The Bertz CT molecular complexity index is 1420. The quantitative estimate of drug-likeness (QED) is 0.274. The molecular formula is C29H33BrN6OS. The molecule has 9 heteroatoms. The van der Waals surface area contributed by atoms with Gasteiger partial charge in [-0.3, -0.25) is 9.69 Å². The summed E-state index contributed by atoms with van der Waals surface area (Å²) in [5.41, 5.74) is 6.96. The lowest BCUT2D eigenvalue weighted by molar-refractivity contribution is -0.128. The largest absolute Gasteiger partial charge is 0.341 e. The number of nitrogens with zero attached hydrogens (tertiary/aromatic N) is 6. The number of hydrogen-bond acceptors (Lipinski definition) is 6. The molecule has 0 saturated carbocycles. The molecule has 198 valence electrons. The number of benzene rings is 2. The smallest absolute Gasteiger partial charge is 0.253 e. The molecule has 7 nitrogen and oxygen atoms in total. The Morgan fingerprint density at radius 3 is 2.42 bits per heavy atom. The van der Waals surface area contributed by atoms with E-state index in [2.05, 4.69) is 88.2 Å². The van der Waals surface area contributed by atoms with Gasteiger partial charge in [-0.05, 0) is 56.0 Å². The Kier molecular flexibility index (Phi) is 8.45. The molecule has 0 unspecified atom stereocenters. The van der Waals surface area contributed by atoms with Crippen molar-refractivity contribution in [2.75, 3.05) is 31.9 Å². The van der Waals surface area contributed by atoms with Crippen molar-refractivity contribution in [3.8, 4) is 0 Å². The van der Waals surface area contributed by atoms with Crippen molar-refractivity contribution in [2.45, 2.75) is 45.3 Å². The summed E-state index contributed by atoms with van der Waals surface area (Å²) in [6.45, 7) is 10.5. The minimum Gasteiger partial charge on any atom is -0.341 e. The van der Waals surface area contributed by atoms with Crippen molar-refractivity contribution in [3.05, 3.63) is 86.6 Å². The summed E-state index contributed by atoms with van der Waals surface area (Å²) in [7, 11) is 0. The lowest BCUT2D eigenvalue weighted by Gasteiger charge is -2.22. The molecule has 0 aliphatic carbocycles. The highest BCUT2D eigenvalue weighted by molar-refractivity contribution is 9.10. The third kappa shape index (κ3) is 6.45.